The van der Waals surface area contributed by atoms with E-state index >= 15 is 0 Å². The Balaban J connectivity index is 1.31. The Hall–Kier alpha value is -3.39. The van der Waals surface area contributed by atoms with E-state index in [0.29, 0.717) is 25.8 Å². The molecule has 1 aromatic carbocycles. The van der Waals surface area contributed by atoms with Gasteiger partial charge in [-0.2, -0.15) is 9.40 Å². The van der Waals surface area contributed by atoms with Crippen molar-refractivity contribution in [3.05, 3.63) is 54.9 Å². The third kappa shape index (κ3) is 5.21. The number of hydrogen-bond acceptors (Lipinski definition) is 9. The number of likely N-dealkylation sites (tertiary alicyclic amines) is 1. The molecule has 212 valence electrons. The topological polar surface area (TPSA) is 143 Å². The number of aromatic nitrogens is 4. The summed E-state index contributed by atoms with van der Waals surface area (Å²) in [6.07, 6.45) is 9.67. The molecule has 2 N–H and O–H groups in total. The van der Waals surface area contributed by atoms with Gasteiger partial charge in [0.1, 0.15) is 23.0 Å². The highest BCUT2D eigenvalue weighted by Gasteiger charge is 2.47. The van der Waals surface area contributed by atoms with Crippen LogP contribution in [0.15, 0.2) is 54.2 Å². The van der Waals surface area contributed by atoms with Gasteiger partial charge < -0.3 is 15.2 Å². The number of rotatable bonds is 3. The summed E-state index contributed by atoms with van der Waals surface area (Å²) >= 11 is 0. The first-order valence-corrected chi connectivity index (χ1v) is 14.9. The second-order valence-corrected chi connectivity index (χ2v) is 12.8. The van der Waals surface area contributed by atoms with Crippen LogP contribution in [0, 0.1) is 0 Å². The Kier molecular flexibility index (Phi) is 7.07. The number of nitrogens with one attached hydrogen (secondary N) is 1. The summed E-state index contributed by atoms with van der Waals surface area (Å²) in [6.45, 7) is 2.29. The maximum atomic E-state index is 13.9. The largest absolute Gasteiger partial charge is 0.492 e. The molecule has 2 saturated heterocycles. The van der Waals surface area contributed by atoms with Gasteiger partial charge in [0.05, 0.1) is 18.9 Å². The lowest BCUT2D eigenvalue weighted by Gasteiger charge is -2.43. The summed E-state index contributed by atoms with van der Waals surface area (Å²) in [5, 5.41) is 17.9. The number of aliphatic hydroxyl groups excluding tert-OH is 1. The van der Waals surface area contributed by atoms with Crippen molar-refractivity contribution >= 4 is 15.9 Å². The second-order valence-electron chi connectivity index (χ2n) is 10.9. The fraction of sp³-hybridized carbons (Fsp3) is 0.481. The molecule has 1 spiro atoms. The number of ether oxygens (including phenoxy) is 1. The van der Waals surface area contributed by atoms with Gasteiger partial charge in [0.15, 0.2) is 0 Å². The fourth-order valence-electron chi connectivity index (χ4n) is 5.95. The molecule has 0 bridgehead atoms. The van der Waals surface area contributed by atoms with Crippen molar-refractivity contribution in [1.82, 2.24) is 34.3 Å². The lowest BCUT2D eigenvalue weighted by atomic mass is 9.84. The predicted octanol–water partition coefficient (Wildman–Crippen LogP) is 0.935. The lowest BCUT2D eigenvalue weighted by molar-refractivity contribution is -0.127. The predicted molar refractivity (Wildman–Crippen MR) is 144 cm³/mol. The van der Waals surface area contributed by atoms with Crippen LogP contribution in [0.1, 0.15) is 31.2 Å². The first-order chi connectivity index (χ1) is 19.2. The van der Waals surface area contributed by atoms with Crippen LogP contribution in [0.25, 0.3) is 11.1 Å². The molecule has 0 radical (unpaired) electrons. The normalized spacial score (nSPS) is 24.9. The van der Waals surface area contributed by atoms with Crippen molar-refractivity contribution in [3.8, 4) is 16.9 Å². The number of hydrogen-bond donors (Lipinski definition) is 2. The highest BCUT2D eigenvalue weighted by molar-refractivity contribution is 7.89. The van der Waals surface area contributed by atoms with Gasteiger partial charge in [-0.25, -0.2) is 18.4 Å². The highest BCUT2D eigenvalue weighted by Crippen LogP contribution is 2.37. The number of carbonyl (C=O) groups is 1. The fourth-order valence-corrected chi connectivity index (χ4v) is 7.70. The van der Waals surface area contributed by atoms with Crippen molar-refractivity contribution in [2.75, 3.05) is 26.2 Å². The van der Waals surface area contributed by atoms with Crippen molar-refractivity contribution < 1.29 is 23.1 Å². The average Bonchev–Trinajstić information content (AvgIpc) is 3.56. The van der Waals surface area contributed by atoms with E-state index in [1.54, 1.807) is 35.4 Å². The first-order valence-electron chi connectivity index (χ1n) is 13.5. The van der Waals surface area contributed by atoms with Gasteiger partial charge >= 0.3 is 0 Å². The van der Waals surface area contributed by atoms with E-state index in [4.69, 9.17) is 4.74 Å². The van der Waals surface area contributed by atoms with Gasteiger partial charge in [-0.1, -0.05) is 6.07 Å². The van der Waals surface area contributed by atoms with E-state index in [0.717, 1.165) is 34.1 Å². The van der Waals surface area contributed by atoms with E-state index in [-0.39, 0.29) is 36.1 Å². The van der Waals surface area contributed by atoms with Crippen LogP contribution in [0.5, 0.6) is 5.75 Å². The Bertz CT molecular complexity index is 1490. The zero-order valence-electron chi connectivity index (χ0n) is 22.3. The zero-order chi connectivity index (χ0) is 27.9. The Morgan fingerprint density at radius 2 is 1.90 bits per heavy atom. The van der Waals surface area contributed by atoms with Crippen molar-refractivity contribution in [2.45, 2.75) is 54.8 Å². The average molecular weight is 568 g/mol. The molecule has 12 nitrogen and oxygen atoms in total. The van der Waals surface area contributed by atoms with Crippen molar-refractivity contribution in [3.63, 3.8) is 0 Å². The maximum absolute atomic E-state index is 13.9. The molecule has 40 heavy (non-hydrogen) atoms. The molecule has 2 atom stereocenters. The summed E-state index contributed by atoms with van der Waals surface area (Å²) < 4.78 is 36.8. The van der Waals surface area contributed by atoms with E-state index < -0.39 is 27.7 Å². The van der Waals surface area contributed by atoms with Gasteiger partial charge in [-0.15, -0.1) is 0 Å². The molecule has 6 rings (SSSR count). The number of benzene rings is 1. The molecule has 0 aliphatic carbocycles. The van der Waals surface area contributed by atoms with Crippen LogP contribution in [-0.4, -0.2) is 92.3 Å². The smallest absolute Gasteiger partial charge is 0.247 e. The Labute approximate surface area is 233 Å². The van der Waals surface area contributed by atoms with Gasteiger partial charge in [-0.05, 0) is 30.5 Å². The van der Waals surface area contributed by atoms with Crippen LogP contribution < -0.4 is 10.1 Å². The van der Waals surface area contributed by atoms with Gasteiger partial charge in [0, 0.05) is 81.3 Å². The number of aliphatic hydroxyl groups is 1. The van der Waals surface area contributed by atoms with Crippen LogP contribution in [0.3, 0.4) is 0 Å². The molecule has 5 heterocycles. The Morgan fingerprint density at radius 3 is 2.62 bits per heavy atom. The Morgan fingerprint density at radius 1 is 1.12 bits per heavy atom. The van der Waals surface area contributed by atoms with Crippen molar-refractivity contribution in [1.29, 1.82) is 0 Å². The molecule has 3 aliphatic rings. The van der Waals surface area contributed by atoms with Crippen molar-refractivity contribution in [2.24, 2.45) is 7.05 Å². The summed E-state index contributed by atoms with van der Waals surface area (Å²) in [7, 11) is -2.32. The minimum atomic E-state index is -4.13. The second kappa shape index (κ2) is 10.5. The van der Waals surface area contributed by atoms with E-state index in [1.807, 2.05) is 13.2 Å². The molecular weight excluding hydrogens is 534 g/mol. The van der Waals surface area contributed by atoms with Crippen LogP contribution in [0.2, 0.25) is 0 Å². The number of carbonyl (C=O) groups excluding carboxylic acids is 1. The number of aryl methyl sites for hydroxylation is 1. The van der Waals surface area contributed by atoms with Crippen LogP contribution >= 0.6 is 0 Å². The molecule has 3 aliphatic heterocycles. The van der Waals surface area contributed by atoms with Crippen LogP contribution in [-0.2, 0) is 28.4 Å². The quantitative estimate of drug-likeness (QED) is 0.473. The first kappa shape index (κ1) is 26.8. The third-order valence-electron chi connectivity index (χ3n) is 8.16. The number of sulfonamides is 1. The highest BCUT2D eigenvalue weighted by atomic mass is 32.2. The minimum Gasteiger partial charge on any atom is -0.492 e. The molecule has 3 aromatic rings. The molecule has 2 fully saturated rings. The minimum absolute atomic E-state index is 0.0112. The number of nitrogens with zero attached hydrogens (tertiary/aromatic N) is 6. The van der Waals surface area contributed by atoms with Gasteiger partial charge in [0.25, 0.3) is 0 Å². The maximum Gasteiger partial charge on any atom is 0.247 e. The number of piperidine rings is 1. The number of amides is 1. The molecule has 1 amide bonds. The SMILES string of the molecule is Cn1cc(-c2ccc3c(c2)OCCC2(CCN(Cc4cncnc4)CC2)NC(=O)[C@@H]2C[C@@H](O)CN2S3(=O)=O)cn1. The van der Waals surface area contributed by atoms with E-state index in [9.17, 15) is 18.3 Å². The molecule has 13 heteroatoms. The van der Waals surface area contributed by atoms with E-state index in [1.165, 1.54) is 12.4 Å². The summed E-state index contributed by atoms with van der Waals surface area (Å²) in [5.74, 6) is -0.145. The standard InChI is InChI=1S/C27H33N7O5S/c1-32-16-21(14-30-32)20-2-3-25-24(10-20)39-9-6-27(4-7-33(8-5-27)15-19-12-28-18-29-13-19)31-26(36)23-11-22(35)17-34(23)40(25,37)38/h2-3,10,12-14,16,18,22-23,35H,4-9,11,15,17H2,1H3,(H,31,36)/t22-,23+/m1/s1. The molecule has 0 saturated carbocycles. The molecular formula is C27H33N7O5S. The summed E-state index contributed by atoms with van der Waals surface area (Å²) in [6, 6.07) is 3.95. The molecule has 2 aromatic heterocycles. The lowest BCUT2D eigenvalue weighted by Crippen LogP contribution is -2.59. The van der Waals surface area contributed by atoms with E-state index in [2.05, 4.69) is 25.3 Å². The summed E-state index contributed by atoms with van der Waals surface area (Å²) in [4.78, 5) is 24.1. The van der Waals surface area contributed by atoms with Gasteiger partial charge in [0.2, 0.25) is 15.9 Å². The zero-order valence-corrected chi connectivity index (χ0v) is 23.1. The third-order valence-corrected chi connectivity index (χ3v) is 10.1. The monoisotopic (exact) mass is 567 g/mol. The number of fused-ring (bicyclic) bond motifs is 2. The summed E-state index contributed by atoms with van der Waals surface area (Å²) in [5.41, 5.74) is 2.07. The van der Waals surface area contributed by atoms with Gasteiger partial charge in [-0.3, -0.25) is 14.4 Å². The van der Waals surface area contributed by atoms with Crippen LogP contribution in [0.4, 0.5) is 0 Å². The molecule has 0 unspecified atom stereocenters.